The highest BCUT2D eigenvalue weighted by Crippen LogP contribution is 2.35. The van der Waals surface area contributed by atoms with Gasteiger partial charge in [0.25, 0.3) is 5.89 Å². The summed E-state index contributed by atoms with van der Waals surface area (Å²) in [5.41, 5.74) is 0. The van der Waals surface area contributed by atoms with E-state index in [-0.39, 0.29) is 0 Å². The van der Waals surface area contributed by atoms with E-state index in [1.807, 2.05) is 0 Å². The van der Waals surface area contributed by atoms with Crippen LogP contribution in [-0.2, 0) is 6.54 Å². The van der Waals surface area contributed by atoms with Crippen molar-refractivity contribution in [2.45, 2.75) is 32.4 Å². The lowest BCUT2D eigenvalue weighted by Gasteiger charge is -2.22. The van der Waals surface area contributed by atoms with Crippen LogP contribution in [0.2, 0.25) is 0 Å². The number of rotatable bonds is 5. The predicted octanol–water partition coefficient (Wildman–Crippen LogP) is 3.32. The molecule has 1 fully saturated rings. The molecular formula is C13H16BrN3O2. The van der Waals surface area contributed by atoms with Crippen LogP contribution in [-0.4, -0.2) is 28.2 Å². The highest BCUT2D eigenvalue weighted by molar-refractivity contribution is 9.10. The molecule has 0 radical (unpaired) electrons. The molecule has 0 aromatic carbocycles. The Kier molecular flexibility index (Phi) is 3.45. The van der Waals surface area contributed by atoms with Crippen LogP contribution in [0.3, 0.4) is 0 Å². The number of nitrogens with zero attached hydrogens (tertiary/aromatic N) is 3. The molecule has 0 saturated heterocycles. The van der Waals surface area contributed by atoms with Crippen molar-refractivity contribution in [1.82, 2.24) is 15.1 Å². The van der Waals surface area contributed by atoms with Crippen LogP contribution in [0.15, 0.2) is 25.6 Å². The lowest BCUT2D eigenvalue weighted by Crippen LogP contribution is -2.30. The first-order valence-electron chi connectivity index (χ1n) is 6.42. The van der Waals surface area contributed by atoms with Crippen molar-refractivity contribution in [3.63, 3.8) is 0 Å². The van der Waals surface area contributed by atoms with Crippen LogP contribution in [0.25, 0.3) is 11.7 Å². The van der Waals surface area contributed by atoms with Gasteiger partial charge >= 0.3 is 0 Å². The minimum absolute atomic E-state index is 0.424. The van der Waals surface area contributed by atoms with Gasteiger partial charge in [-0.15, -0.1) is 10.2 Å². The van der Waals surface area contributed by atoms with Crippen molar-refractivity contribution in [1.29, 1.82) is 0 Å². The summed E-state index contributed by atoms with van der Waals surface area (Å²) in [4.78, 5) is 2.26. The molecule has 0 N–H and O–H groups in total. The van der Waals surface area contributed by atoms with Crippen LogP contribution >= 0.6 is 15.9 Å². The second-order valence-corrected chi connectivity index (χ2v) is 5.88. The maximum Gasteiger partial charge on any atom is 0.283 e. The summed E-state index contributed by atoms with van der Waals surface area (Å²) in [5, 5.41) is 8.09. The quantitative estimate of drug-likeness (QED) is 0.844. The summed E-state index contributed by atoms with van der Waals surface area (Å²) in [6, 6.07) is 4.17. The Labute approximate surface area is 120 Å². The average Bonchev–Trinajstić information content (AvgIpc) is 2.99. The fourth-order valence-corrected chi connectivity index (χ4v) is 2.45. The Morgan fingerprint density at radius 2 is 2.16 bits per heavy atom. The van der Waals surface area contributed by atoms with Crippen LogP contribution in [0, 0.1) is 5.92 Å². The minimum Gasteiger partial charge on any atom is -0.444 e. The van der Waals surface area contributed by atoms with Crippen LogP contribution in [0.5, 0.6) is 0 Å². The lowest BCUT2D eigenvalue weighted by molar-refractivity contribution is 0.206. The molecule has 1 aliphatic rings. The molecule has 0 unspecified atom stereocenters. The van der Waals surface area contributed by atoms with E-state index < -0.39 is 0 Å². The van der Waals surface area contributed by atoms with E-state index >= 15 is 0 Å². The van der Waals surface area contributed by atoms with E-state index in [4.69, 9.17) is 8.83 Å². The van der Waals surface area contributed by atoms with E-state index in [0.29, 0.717) is 34.8 Å². The summed E-state index contributed by atoms with van der Waals surface area (Å²) in [5.74, 6) is 2.46. The number of hydrogen-bond acceptors (Lipinski definition) is 5. The molecule has 2 aromatic rings. The van der Waals surface area contributed by atoms with Gasteiger partial charge in [-0.3, -0.25) is 4.90 Å². The van der Waals surface area contributed by atoms with Gasteiger partial charge in [0.2, 0.25) is 5.89 Å². The number of furan rings is 1. The van der Waals surface area contributed by atoms with E-state index in [9.17, 15) is 0 Å². The van der Waals surface area contributed by atoms with Crippen LogP contribution in [0.4, 0.5) is 0 Å². The standard InChI is InChI=1S/C13H16BrN3O2/c1-8(9-3-4-9)17(2)7-12-15-16-13(19-12)10-5-6-11(14)18-10/h5-6,8-9H,3-4,7H2,1-2H3/t8-/m1/s1. The van der Waals surface area contributed by atoms with Crippen molar-refractivity contribution in [3.05, 3.63) is 22.7 Å². The molecule has 1 aliphatic carbocycles. The maximum absolute atomic E-state index is 5.63. The fourth-order valence-electron chi connectivity index (χ4n) is 2.14. The third-order valence-corrected chi connectivity index (χ3v) is 4.06. The topological polar surface area (TPSA) is 55.3 Å². The Balaban J connectivity index is 1.67. The van der Waals surface area contributed by atoms with Crippen LogP contribution in [0.1, 0.15) is 25.7 Å². The fraction of sp³-hybridized carbons (Fsp3) is 0.538. The summed E-state index contributed by atoms with van der Waals surface area (Å²) < 4.78 is 11.7. The molecule has 2 aromatic heterocycles. The van der Waals surface area contributed by atoms with Crippen molar-refractivity contribution in [2.75, 3.05) is 7.05 Å². The molecule has 2 heterocycles. The molecule has 6 heteroatoms. The Hall–Kier alpha value is -1.14. The zero-order valence-corrected chi connectivity index (χ0v) is 12.6. The molecule has 0 aliphatic heterocycles. The van der Waals surface area contributed by atoms with Crippen molar-refractivity contribution < 1.29 is 8.83 Å². The van der Waals surface area contributed by atoms with E-state index in [0.717, 1.165) is 5.92 Å². The smallest absolute Gasteiger partial charge is 0.283 e. The SMILES string of the molecule is C[C@H](C1CC1)N(C)Cc1nnc(-c2ccc(Br)o2)o1. The molecule has 19 heavy (non-hydrogen) atoms. The highest BCUT2D eigenvalue weighted by Gasteiger charge is 2.31. The molecule has 1 saturated carbocycles. The predicted molar refractivity (Wildman–Crippen MR) is 73.4 cm³/mol. The number of aromatic nitrogens is 2. The molecule has 0 spiro atoms. The third-order valence-electron chi connectivity index (χ3n) is 3.63. The van der Waals surface area contributed by atoms with Crippen LogP contribution < -0.4 is 0 Å². The average molecular weight is 326 g/mol. The van der Waals surface area contributed by atoms with Gasteiger partial charge in [-0.1, -0.05) is 0 Å². The normalized spacial score (nSPS) is 17.1. The van der Waals surface area contributed by atoms with Crippen molar-refractivity contribution in [2.24, 2.45) is 5.92 Å². The Morgan fingerprint density at radius 1 is 1.37 bits per heavy atom. The van der Waals surface area contributed by atoms with Gasteiger partial charge < -0.3 is 8.83 Å². The summed E-state index contributed by atoms with van der Waals surface area (Å²) in [6.45, 7) is 2.92. The van der Waals surface area contributed by atoms with E-state index in [1.54, 1.807) is 12.1 Å². The molecule has 0 amide bonds. The van der Waals surface area contributed by atoms with Gasteiger partial charge in [-0.2, -0.15) is 0 Å². The highest BCUT2D eigenvalue weighted by atomic mass is 79.9. The van der Waals surface area contributed by atoms with Gasteiger partial charge in [0, 0.05) is 6.04 Å². The first-order chi connectivity index (χ1) is 9.13. The molecular weight excluding hydrogens is 310 g/mol. The summed E-state index contributed by atoms with van der Waals surface area (Å²) >= 11 is 3.25. The maximum atomic E-state index is 5.63. The lowest BCUT2D eigenvalue weighted by atomic mass is 10.2. The van der Waals surface area contributed by atoms with Gasteiger partial charge in [-0.25, -0.2) is 0 Å². The molecule has 5 nitrogen and oxygen atoms in total. The second kappa shape index (κ2) is 5.09. The molecule has 3 rings (SSSR count). The van der Waals surface area contributed by atoms with E-state index in [2.05, 4.69) is 45.0 Å². The first kappa shape index (κ1) is 12.9. The van der Waals surface area contributed by atoms with Gasteiger partial charge in [0.15, 0.2) is 10.4 Å². The Morgan fingerprint density at radius 3 is 2.79 bits per heavy atom. The second-order valence-electron chi connectivity index (χ2n) is 5.10. The van der Waals surface area contributed by atoms with Gasteiger partial charge in [0.05, 0.1) is 6.54 Å². The van der Waals surface area contributed by atoms with Crippen molar-refractivity contribution >= 4 is 15.9 Å². The monoisotopic (exact) mass is 325 g/mol. The van der Waals surface area contributed by atoms with E-state index in [1.165, 1.54) is 12.8 Å². The van der Waals surface area contributed by atoms with Gasteiger partial charge in [0.1, 0.15) is 0 Å². The zero-order valence-electron chi connectivity index (χ0n) is 11.0. The largest absolute Gasteiger partial charge is 0.444 e. The summed E-state index contributed by atoms with van der Waals surface area (Å²) in [6.07, 6.45) is 2.67. The first-order valence-corrected chi connectivity index (χ1v) is 7.21. The Bertz CT molecular complexity index is 562. The molecule has 0 bridgehead atoms. The zero-order chi connectivity index (χ0) is 13.4. The van der Waals surface area contributed by atoms with Crippen molar-refractivity contribution in [3.8, 4) is 11.7 Å². The molecule has 102 valence electrons. The molecule has 1 atom stereocenters. The van der Waals surface area contributed by atoms with Gasteiger partial charge in [-0.05, 0) is 60.8 Å². The minimum atomic E-state index is 0.424. The third kappa shape index (κ3) is 2.90. The summed E-state index contributed by atoms with van der Waals surface area (Å²) in [7, 11) is 2.09. The number of hydrogen-bond donors (Lipinski definition) is 0. The number of halogens is 1.